The van der Waals surface area contributed by atoms with Gasteiger partial charge in [-0.1, -0.05) is 30.4 Å². The van der Waals surface area contributed by atoms with Gasteiger partial charge in [-0.15, -0.1) is 0 Å². The molecule has 1 aromatic heterocycles. The Morgan fingerprint density at radius 3 is 2.68 bits per heavy atom. The molecule has 0 aliphatic carbocycles. The molecule has 9 heteroatoms. The summed E-state index contributed by atoms with van der Waals surface area (Å²) in [4.78, 5) is 28.9. The lowest BCUT2D eigenvalue weighted by Gasteiger charge is -2.09. The first kappa shape index (κ1) is 17.6. The molecule has 2 heterocycles. The highest BCUT2D eigenvalue weighted by Gasteiger charge is 2.22. The minimum absolute atomic E-state index is 0.0368. The van der Waals surface area contributed by atoms with Gasteiger partial charge in [-0.2, -0.15) is 0 Å². The number of rotatable bonds is 5. The summed E-state index contributed by atoms with van der Waals surface area (Å²) in [5.41, 5.74) is 1.41. The van der Waals surface area contributed by atoms with Gasteiger partial charge in [0.2, 0.25) is 5.91 Å². The summed E-state index contributed by atoms with van der Waals surface area (Å²) in [5.74, 6) is -0.389. The topological polar surface area (TPSA) is 105 Å². The van der Waals surface area contributed by atoms with E-state index >= 15 is 0 Å². The van der Waals surface area contributed by atoms with E-state index in [0.717, 1.165) is 11.3 Å². The second-order valence-corrected chi connectivity index (χ2v) is 8.85. The van der Waals surface area contributed by atoms with Crippen LogP contribution in [0.5, 0.6) is 0 Å². The molecule has 1 aromatic carbocycles. The van der Waals surface area contributed by atoms with Crippen molar-refractivity contribution in [1.29, 1.82) is 0 Å². The Hall–Kier alpha value is -2.26. The maximum atomic E-state index is 12.2. The summed E-state index contributed by atoms with van der Waals surface area (Å²) in [5, 5.41) is 5.83. The van der Waals surface area contributed by atoms with E-state index in [2.05, 4.69) is 15.6 Å². The van der Waals surface area contributed by atoms with Gasteiger partial charge >= 0.3 is 0 Å². The van der Waals surface area contributed by atoms with Crippen molar-refractivity contribution in [1.82, 2.24) is 10.3 Å². The number of nitrogens with one attached hydrogen (secondary N) is 2. The quantitative estimate of drug-likeness (QED) is 0.817. The number of hydrogen-bond donors (Lipinski definition) is 2. The molecule has 3 rings (SSSR count). The van der Waals surface area contributed by atoms with Crippen molar-refractivity contribution in [3.05, 3.63) is 40.4 Å². The number of aromatic nitrogens is 1. The molecule has 2 N–H and O–H groups in total. The molecule has 25 heavy (non-hydrogen) atoms. The van der Waals surface area contributed by atoms with Crippen LogP contribution in [0.3, 0.4) is 0 Å². The molecule has 1 aliphatic rings. The third-order valence-electron chi connectivity index (χ3n) is 3.82. The van der Waals surface area contributed by atoms with Crippen LogP contribution in [0.15, 0.2) is 29.2 Å². The molecule has 1 aliphatic heterocycles. The van der Waals surface area contributed by atoms with E-state index in [4.69, 9.17) is 0 Å². The van der Waals surface area contributed by atoms with Gasteiger partial charge in [-0.05, 0) is 17.7 Å². The zero-order valence-electron chi connectivity index (χ0n) is 13.5. The van der Waals surface area contributed by atoms with Gasteiger partial charge in [0, 0.05) is 13.0 Å². The molecule has 0 atom stereocenters. The Balaban J connectivity index is 1.66. The van der Waals surface area contributed by atoms with Gasteiger partial charge in [0.1, 0.15) is 4.88 Å². The maximum Gasteiger partial charge on any atom is 0.263 e. The number of carbonyl (C=O) groups excluding carboxylic acids is 2. The molecule has 0 spiro atoms. The van der Waals surface area contributed by atoms with E-state index < -0.39 is 9.84 Å². The Morgan fingerprint density at radius 2 is 2.04 bits per heavy atom. The Labute approximate surface area is 149 Å². The standard InChI is InChI=1S/C16H17N3O4S2/c1-2-25(22,23)11-5-3-10(4-6-11)9-13(20)19-16-18-12-7-8-17-15(21)14(12)24-16/h3-6H,2,7-9H2,1H3,(H,17,21)(H,18,19,20). The molecular formula is C16H17N3O4S2. The molecule has 0 bridgehead atoms. The molecule has 7 nitrogen and oxygen atoms in total. The van der Waals surface area contributed by atoms with E-state index in [1.807, 2.05) is 0 Å². The lowest BCUT2D eigenvalue weighted by Crippen LogP contribution is -2.30. The monoisotopic (exact) mass is 379 g/mol. The third kappa shape index (κ3) is 3.88. The summed E-state index contributed by atoms with van der Waals surface area (Å²) in [6.45, 7) is 2.14. The second-order valence-electron chi connectivity index (χ2n) is 5.57. The van der Waals surface area contributed by atoms with Crippen LogP contribution in [0.1, 0.15) is 27.9 Å². The lowest BCUT2D eigenvalue weighted by molar-refractivity contribution is -0.115. The summed E-state index contributed by atoms with van der Waals surface area (Å²) >= 11 is 1.16. The minimum Gasteiger partial charge on any atom is -0.351 e. The van der Waals surface area contributed by atoms with Gasteiger partial charge in [-0.25, -0.2) is 13.4 Å². The average molecular weight is 379 g/mol. The van der Waals surface area contributed by atoms with Gasteiger partial charge in [-0.3, -0.25) is 9.59 Å². The largest absolute Gasteiger partial charge is 0.351 e. The first-order valence-corrected chi connectivity index (χ1v) is 10.3. The molecule has 0 fully saturated rings. The number of benzene rings is 1. The zero-order valence-corrected chi connectivity index (χ0v) is 15.2. The lowest BCUT2D eigenvalue weighted by atomic mass is 10.1. The molecular weight excluding hydrogens is 362 g/mol. The number of anilines is 1. The number of thiazole rings is 1. The normalized spacial score (nSPS) is 13.9. The van der Waals surface area contributed by atoms with Crippen molar-refractivity contribution < 1.29 is 18.0 Å². The van der Waals surface area contributed by atoms with Crippen LogP contribution in [-0.4, -0.2) is 37.5 Å². The van der Waals surface area contributed by atoms with Crippen LogP contribution < -0.4 is 10.6 Å². The molecule has 0 saturated heterocycles. The van der Waals surface area contributed by atoms with Crippen molar-refractivity contribution in [2.24, 2.45) is 0 Å². The molecule has 132 valence electrons. The van der Waals surface area contributed by atoms with Gasteiger partial charge in [0.25, 0.3) is 5.91 Å². The van der Waals surface area contributed by atoms with Crippen molar-refractivity contribution >= 4 is 38.1 Å². The first-order chi connectivity index (χ1) is 11.9. The number of sulfone groups is 1. The first-order valence-electron chi connectivity index (χ1n) is 7.78. The molecule has 2 aromatic rings. The van der Waals surface area contributed by atoms with E-state index in [0.29, 0.717) is 34.2 Å². The smallest absolute Gasteiger partial charge is 0.263 e. The third-order valence-corrected chi connectivity index (χ3v) is 6.59. The fraction of sp³-hybridized carbons (Fsp3) is 0.312. The van der Waals surface area contributed by atoms with Gasteiger partial charge in [0.05, 0.1) is 22.8 Å². The van der Waals surface area contributed by atoms with Crippen LogP contribution in [0, 0.1) is 0 Å². The summed E-state index contributed by atoms with van der Waals surface area (Å²) in [7, 11) is -3.25. The number of carbonyl (C=O) groups is 2. The van der Waals surface area contributed by atoms with E-state index in [9.17, 15) is 18.0 Å². The molecule has 0 saturated carbocycles. The molecule has 2 amide bonds. The van der Waals surface area contributed by atoms with Crippen LogP contribution >= 0.6 is 11.3 Å². The van der Waals surface area contributed by atoms with E-state index in [-0.39, 0.29) is 28.9 Å². The van der Waals surface area contributed by atoms with E-state index in [1.165, 1.54) is 12.1 Å². The van der Waals surface area contributed by atoms with Crippen LogP contribution in [0.2, 0.25) is 0 Å². The van der Waals surface area contributed by atoms with Gasteiger partial charge in [0.15, 0.2) is 15.0 Å². The van der Waals surface area contributed by atoms with Crippen molar-refractivity contribution in [2.75, 3.05) is 17.6 Å². The zero-order chi connectivity index (χ0) is 18.0. The van der Waals surface area contributed by atoms with Crippen molar-refractivity contribution in [2.45, 2.75) is 24.7 Å². The Bertz CT molecular complexity index is 917. The SMILES string of the molecule is CCS(=O)(=O)c1ccc(CC(=O)Nc2nc3c(s2)C(=O)NCC3)cc1. The number of nitrogens with zero attached hydrogens (tertiary/aromatic N) is 1. The van der Waals surface area contributed by atoms with Crippen LogP contribution in [0.25, 0.3) is 0 Å². The summed E-state index contributed by atoms with van der Waals surface area (Å²) in [6.07, 6.45) is 0.754. The van der Waals surface area contributed by atoms with Crippen LogP contribution in [-0.2, 0) is 27.5 Å². The Kier molecular flexibility index (Phi) is 4.87. The fourth-order valence-corrected chi connectivity index (χ4v) is 4.29. The highest BCUT2D eigenvalue weighted by Crippen LogP contribution is 2.25. The van der Waals surface area contributed by atoms with Crippen LogP contribution in [0.4, 0.5) is 5.13 Å². The summed E-state index contributed by atoms with van der Waals surface area (Å²) in [6, 6.07) is 6.27. The predicted molar refractivity (Wildman–Crippen MR) is 94.7 cm³/mol. The van der Waals surface area contributed by atoms with Gasteiger partial charge < -0.3 is 10.6 Å². The fourth-order valence-electron chi connectivity index (χ4n) is 2.46. The van der Waals surface area contributed by atoms with Crippen molar-refractivity contribution in [3.63, 3.8) is 0 Å². The predicted octanol–water partition coefficient (Wildman–Crippen LogP) is 1.40. The average Bonchev–Trinajstić information content (AvgIpc) is 2.99. The summed E-state index contributed by atoms with van der Waals surface area (Å²) < 4.78 is 23.6. The second kappa shape index (κ2) is 6.93. The highest BCUT2D eigenvalue weighted by molar-refractivity contribution is 7.91. The number of amides is 2. The number of fused-ring (bicyclic) bond motifs is 1. The number of hydrogen-bond acceptors (Lipinski definition) is 6. The highest BCUT2D eigenvalue weighted by atomic mass is 32.2. The molecule has 0 unspecified atom stereocenters. The maximum absolute atomic E-state index is 12.2. The molecule has 0 radical (unpaired) electrons. The Morgan fingerprint density at radius 1 is 1.32 bits per heavy atom. The van der Waals surface area contributed by atoms with Crippen molar-refractivity contribution in [3.8, 4) is 0 Å². The van der Waals surface area contributed by atoms with E-state index in [1.54, 1.807) is 19.1 Å². The minimum atomic E-state index is -3.25.